The van der Waals surface area contributed by atoms with Crippen molar-refractivity contribution in [2.45, 2.75) is 0 Å². The minimum absolute atomic E-state index is 0.191. The van der Waals surface area contributed by atoms with Crippen molar-refractivity contribution in [3.8, 4) is 16.9 Å². The molecule has 8 nitrogen and oxygen atoms in total. The lowest BCUT2D eigenvalue weighted by Gasteiger charge is -2.26. The van der Waals surface area contributed by atoms with Gasteiger partial charge >= 0.3 is 0 Å². The van der Waals surface area contributed by atoms with E-state index >= 15 is 0 Å². The van der Waals surface area contributed by atoms with Crippen LogP contribution in [0.2, 0.25) is 10.0 Å². The lowest BCUT2D eigenvalue weighted by atomic mass is 10.1. The highest BCUT2D eigenvalue weighted by molar-refractivity contribution is 6.38. The number of aromatic nitrogens is 3. The van der Waals surface area contributed by atoms with E-state index in [1.165, 1.54) is 10.7 Å². The van der Waals surface area contributed by atoms with E-state index in [1.54, 1.807) is 35.4 Å². The van der Waals surface area contributed by atoms with Crippen LogP contribution in [0.15, 0.2) is 72.9 Å². The molecule has 1 fully saturated rings. The fourth-order valence-electron chi connectivity index (χ4n) is 4.00. The van der Waals surface area contributed by atoms with Crippen molar-refractivity contribution in [3.05, 3.63) is 94.2 Å². The summed E-state index contributed by atoms with van der Waals surface area (Å²) in [6, 6.07) is 19.4. The number of nitrogens with one attached hydrogen (secondary N) is 2. The number of pyridine rings is 1. The fourth-order valence-corrected chi connectivity index (χ4v) is 4.56. The molecule has 5 rings (SSSR count). The van der Waals surface area contributed by atoms with E-state index in [2.05, 4.69) is 20.7 Å². The number of anilines is 1. The molecule has 2 aromatic heterocycles. The second kappa shape index (κ2) is 10.5. The Hall–Kier alpha value is -3.72. The smallest absolute Gasteiger partial charge is 0.274 e. The van der Waals surface area contributed by atoms with Crippen LogP contribution in [-0.2, 0) is 0 Å². The third-order valence-corrected chi connectivity index (χ3v) is 6.44. The number of halogens is 2. The summed E-state index contributed by atoms with van der Waals surface area (Å²) < 4.78 is 1.54. The standard InChI is InChI=1S/C26H22Cl2N6O2/c27-20-15-21(28)19(14-18(20)22-8-4-5-9-30-22)25(35)31-24-16-23(26(36)33-12-10-29-11-13-33)32-34(24)17-6-2-1-3-7-17/h1-9,14-16,29H,10-13H2,(H,31,35). The Balaban J connectivity index is 1.50. The molecule has 36 heavy (non-hydrogen) atoms. The Kier molecular flexibility index (Phi) is 6.99. The summed E-state index contributed by atoms with van der Waals surface area (Å²) in [5.41, 5.74) is 2.36. The summed E-state index contributed by atoms with van der Waals surface area (Å²) in [5.74, 6) is -0.314. The number of hydrogen-bond acceptors (Lipinski definition) is 5. The van der Waals surface area contributed by atoms with Gasteiger partial charge in [0.1, 0.15) is 5.82 Å². The first-order valence-electron chi connectivity index (χ1n) is 11.4. The molecule has 0 saturated carbocycles. The quantitative estimate of drug-likeness (QED) is 0.403. The van der Waals surface area contributed by atoms with Crippen molar-refractivity contribution in [1.29, 1.82) is 0 Å². The normalized spacial score (nSPS) is 13.4. The van der Waals surface area contributed by atoms with Gasteiger partial charge in [-0.3, -0.25) is 14.6 Å². The molecule has 0 spiro atoms. The van der Waals surface area contributed by atoms with Crippen molar-refractivity contribution in [3.63, 3.8) is 0 Å². The van der Waals surface area contributed by atoms with E-state index in [0.29, 0.717) is 40.9 Å². The molecule has 1 aliphatic heterocycles. The summed E-state index contributed by atoms with van der Waals surface area (Å²) >= 11 is 12.8. The topological polar surface area (TPSA) is 92.2 Å². The third-order valence-electron chi connectivity index (χ3n) is 5.82. The number of benzene rings is 2. The number of rotatable bonds is 5. The molecule has 1 saturated heterocycles. The summed E-state index contributed by atoms with van der Waals surface area (Å²) in [4.78, 5) is 32.6. The van der Waals surface area contributed by atoms with E-state index < -0.39 is 5.91 Å². The molecule has 2 aromatic carbocycles. The molecule has 0 atom stereocenters. The minimum Gasteiger partial charge on any atom is -0.335 e. The van der Waals surface area contributed by atoms with Gasteiger partial charge in [0.05, 0.1) is 27.0 Å². The average Bonchev–Trinajstić information content (AvgIpc) is 3.33. The van der Waals surface area contributed by atoms with E-state index in [-0.39, 0.29) is 22.2 Å². The molecule has 10 heteroatoms. The molecule has 4 aromatic rings. The first-order valence-corrected chi connectivity index (χ1v) is 12.1. The van der Waals surface area contributed by atoms with Crippen LogP contribution >= 0.6 is 23.2 Å². The highest BCUT2D eigenvalue weighted by Gasteiger charge is 2.24. The number of carbonyl (C=O) groups is 2. The predicted molar refractivity (Wildman–Crippen MR) is 140 cm³/mol. The molecule has 2 N–H and O–H groups in total. The Bertz CT molecular complexity index is 1400. The zero-order chi connectivity index (χ0) is 25.1. The average molecular weight is 521 g/mol. The molecule has 1 aliphatic rings. The second-order valence-electron chi connectivity index (χ2n) is 8.19. The SMILES string of the molecule is O=C(Nc1cc(C(=O)N2CCNCC2)nn1-c1ccccc1)c1cc(-c2ccccn2)c(Cl)cc1Cl. The number of hydrogen-bond donors (Lipinski definition) is 2. The summed E-state index contributed by atoms with van der Waals surface area (Å²) in [7, 11) is 0. The minimum atomic E-state index is -0.466. The fraction of sp³-hybridized carbons (Fsp3) is 0.154. The Labute approximate surface area is 217 Å². The second-order valence-corrected chi connectivity index (χ2v) is 9.00. The summed E-state index contributed by atoms with van der Waals surface area (Å²) in [6.45, 7) is 2.63. The van der Waals surface area contributed by atoms with Crippen LogP contribution in [0.4, 0.5) is 5.82 Å². The van der Waals surface area contributed by atoms with Crippen molar-refractivity contribution in [2.75, 3.05) is 31.5 Å². The van der Waals surface area contributed by atoms with Gasteiger partial charge in [0.15, 0.2) is 5.69 Å². The third kappa shape index (κ3) is 4.97. The Morgan fingerprint density at radius 1 is 0.917 bits per heavy atom. The van der Waals surface area contributed by atoms with Crippen LogP contribution in [-0.4, -0.2) is 57.7 Å². The molecule has 0 radical (unpaired) electrons. The monoisotopic (exact) mass is 520 g/mol. The van der Waals surface area contributed by atoms with Gasteiger partial charge in [-0.15, -0.1) is 0 Å². The molecule has 0 bridgehead atoms. The first kappa shape index (κ1) is 24.0. The molecular weight excluding hydrogens is 499 g/mol. The van der Waals surface area contributed by atoms with Gasteiger partial charge in [-0.2, -0.15) is 5.10 Å². The molecule has 2 amide bonds. The van der Waals surface area contributed by atoms with E-state index in [4.69, 9.17) is 23.2 Å². The molecular formula is C26H22Cl2N6O2. The van der Waals surface area contributed by atoms with Gasteiger partial charge in [0, 0.05) is 44.0 Å². The van der Waals surface area contributed by atoms with Crippen molar-refractivity contribution < 1.29 is 9.59 Å². The van der Waals surface area contributed by atoms with Gasteiger partial charge < -0.3 is 15.5 Å². The maximum atomic E-state index is 13.4. The number of para-hydroxylation sites is 1. The van der Waals surface area contributed by atoms with E-state index in [0.717, 1.165) is 13.1 Å². The van der Waals surface area contributed by atoms with Crippen LogP contribution in [0.1, 0.15) is 20.8 Å². The van der Waals surface area contributed by atoms with Crippen molar-refractivity contribution >= 4 is 40.8 Å². The summed E-state index contributed by atoms with van der Waals surface area (Å²) in [6.07, 6.45) is 1.65. The Morgan fingerprint density at radius 2 is 1.67 bits per heavy atom. The van der Waals surface area contributed by atoms with Gasteiger partial charge in [-0.25, -0.2) is 4.68 Å². The van der Waals surface area contributed by atoms with Crippen LogP contribution < -0.4 is 10.6 Å². The highest BCUT2D eigenvalue weighted by Crippen LogP contribution is 2.32. The number of nitrogens with zero attached hydrogens (tertiary/aromatic N) is 4. The van der Waals surface area contributed by atoms with Crippen LogP contribution in [0.25, 0.3) is 16.9 Å². The maximum Gasteiger partial charge on any atom is 0.274 e. The van der Waals surface area contributed by atoms with E-state index in [9.17, 15) is 9.59 Å². The van der Waals surface area contributed by atoms with E-state index in [1.807, 2.05) is 36.4 Å². The first-order chi connectivity index (χ1) is 17.5. The molecule has 0 unspecified atom stereocenters. The van der Waals surface area contributed by atoms with Gasteiger partial charge in [-0.05, 0) is 36.4 Å². The zero-order valence-corrected chi connectivity index (χ0v) is 20.6. The Morgan fingerprint density at radius 3 is 2.39 bits per heavy atom. The molecule has 3 heterocycles. The largest absolute Gasteiger partial charge is 0.335 e. The molecule has 0 aliphatic carbocycles. The van der Waals surface area contributed by atoms with Gasteiger partial charge in [0.2, 0.25) is 0 Å². The maximum absolute atomic E-state index is 13.4. The number of piperazine rings is 1. The van der Waals surface area contributed by atoms with Crippen LogP contribution in [0, 0.1) is 0 Å². The number of amides is 2. The van der Waals surface area contributed by atoms with Gasteiger partial charge in [-0.1, -0.05) is 47.5 Å². The summed E-state index contributed by atoms with van der Waals surface area (Å²) in [5, 5.41) is 11.2. The predicted octanol–water partition coefficient (Wildman–Crippen LogP) is 4.54. The molecule has 182 valence electrons. The van der Waals surface area contributed by atoms with Crippen LogP contribution in [0.3, 0.4) is 0 Å². The van der Waals surface area contributed by atoms with Crippen LogP contribution in [0.5, 0.6) is 0 Å². The van der Waals surface area contributed by atoms with Crippen molar-refractivity contribution in [1.82, 2.24) is 25.0 Å². The highest BCUT2D eigenvalue weighted by atomic mass is 35.5. The number of carbonyl (C=O) groups excluding carboxylic acids is 2. The zero-order valence-electron chi connectivity index (χ0n) is 19.1. The van der Waals surface area contributed by atoms with Crippen molar-refractivity contribution in [2.24, 2.45) is 0 Å². The lowest BCUT2D eigenvalue weighted by molar-refractivity contribution is 0.0729. The van der Waals surface area contributed by atoms with Gasteiger partial charge in [0.25, 0.3) is 11.8 Å². The lowest BCUT2D eigenvalue weighted by Crippen LogP contribution is -2.46.